The van der Waals surface area contributed by atoms with Gasteiger partial charge in [-0.1, -0.05) is 18.2 Å². The lowest BCUT2D eigenvalue weighted by atomic mass is 10.0. The largest absolute Gasteiger partial charge is 0.396 e. The van der Waals surface area contributed by atoms with E-state index in [4.69, 9.17) is 4.98 Å². The number of rotatable bonds is 5. The van der Waals surface area contributed by atoms with Crippen LogP contribution in [0.1, 0.15) is 17.5 Å². The summed E-state index contributed by atoms with van der Waals surface area (Å²) in [6, 6.07) is 13.5. The third kappa shape index (κ3) is 4.06. The van der Waals surface area contributed by atoms with Gasteiger partial charge in [-0.3, -0.25) is 4.90 Å². The average molecular weight is 382 g/mol. The minimum absolute atomic E-state index is 0.250. The number of aliphatic hydroxyl groups excluding tert-OH is 1. The molecule has 1 fully saturated rings. The zero-order valence-electron chi connectivity index (χ0n) is 16.1. The molecule has 0 saturated carbocycles. The van der Waals surface area contributed by atoms with Crippen molar-refractivity contribution in [3.05, 3.63) is 52.9 Å². The number of fused-ring (bicyclic) bond motifs is 1. The molecule has 4 rings (SSSR count). The van der Waals surface area contributed by atoms with Gasteiger partial charge in [-0.25, -0.2) is 4.98 Å². The molecule has 0 radical (unpaired) electrons. The van der Waals surface area contributed by atoms with Crippen LogP contribution in [0.4, 0.5) is 0 Å². The molecule has 0 aliphatic carbocycles. The summed E-state index contributed by atoms with van der Waals surface area (Å²) in [5, 5.41) is 12.7. The number of nitrogens with zero attached hydrogens (tertiary/aromatic N) is 3. The Morgan fingerprint density at radius 1 is 1.22 bits per heavy atom. The minimum atomic E-state index is 0.250. The summed E-state index contributed by atoms with van der Waals surface area (Å²) in [4.78, 5) is 11.2. The number of benzene rings is 1. The molecule has 2 aromatic heterocycles. The van der Waals surface area contributed by atoms with Crippen molar-refractivity contribution in [1.29, 1.82) is 0 Å². The van der Waals surface area contributed by atoms with Crippen molar-refractivity contribution in [3.63, 3.8) is 0 Å². The van der Waals surface area contributed by atoms with E-state index >= 15 is 0 Å². The fourth-order valence-electron chi connectivity index (χ4n) is 3.92. The normalized spacial score (nSPS) is 19.0. The van der Waals surface area contributed by atoms with E-state index in [0.29, 0.717) is 6.04 Å². The van der Waals surface area contributed by atoms with E-state index < -0.39 is 0 Å². The lowest BCUT2D eigenvalue weighted by Crippen LogP contribution is -2.51. The van der Waals surface area contributed by atoms with Crippen LogP contribution >= 0.6 is 11.3 Å². The van der Waals surface area contributed by atoms with E-state index in [1.165, 1.54) is 21.4 Å². The van der Waals surface area contributed by atoms with Crippen molar-refractivity contribution < 1.29 is 5.11 Å². The molecule has 27 heavy (non-hydrogen) atoms. The van der Waals surface area contributed by atoms with E-state index in [9.17, 15) is 5.11 Å². The van der Waals surface area contributed by atoms with Crippen molar-refractivity contribution in [1.82, 2.24) is 14.8 Å². The second-order valence-corrected chi connectivity index (χ2v) is 8.50. The van der Waals surface area contributed by atoms with E-state index in [-0.39, 0.29) is 6.61 Å². The van der Waals surface area contributed by atoms with Crippen molar-refractivity contribution >= 4 is 22.2 Å². The second-order valence-electron chi connectivity index (χ2n) is 7.55. The lowest BCUT2D eigenvalue weighted by Gasteiger charge is -2.39. The van der Waals surface area contributed by atoms with Crippen LogP contribution in [0.15, 0.2) is 41.8 Å². The standard InChI is InChI=1S/C22H27N3OS/c1-16-5-6-17-13-18(14-25-9-8-24(2)19(15-25)7-10-26)22(23-20(17)12-16)21-4-3-11-27-21/h3-6,11-13,19,26H,7-10,14-15H2,1-2H3. The second kappa shape index (κ2) is 8.07. The molecule has 0 spiro atoms. The first-order valence-electron chi connectivity index (χ1n) is 9.61. The van der Waals surface area contributed by atoms with Gasteiger partial charge in [0, 0.05) is 44.2 Å². The summed E-state index contributed by atoms with van der Waals surface area (Å²) in [6.45, 7) is 6.35. The van der Waals surface area contributed by atoms with Gasteiger partial charge in [-0.2, -0.15) is 0 Å². The Morgan fingerprint density at radius 3 is 2.89 bits per heavy atom. The van der Waals surface area contributed by atoms with E-state index in [0.717, 1.165) is 43.8 Å². The SMILES string of the molecule is Cc1ccc2cc(CN3CCN(C)C(CCO)C3)c(-c3cccs3)nc2c1. The molecule has 1 saturated heterocycles. The third-order valence-electron chi connectivity index (χ3n) is 5.52. The molecule has 1 aromatic carbocycles. The highest BCUT2D eigenvalue weighted by molar-refractivity contribution is 7.13. The molecule has 5 heteroatoms. The Morgan fingerprint density at radius 2 is 2.11 bits per heavy atom. The Hall–Kier alpha value is -1.79. The van der Waals surface area contributed by atoms with Crippen molar-refractivity contribution in [3.8, 4) is 10.6 Å². The molecule has 1 aliphatic heterocycles. The van der Waals surface area contributed by atoms with Crippen LogP contribution < -0.4 is 0 Å². The summed E-state index contributed by atoms with van der Waals surface area (Å²) in [6.07, 6.45) is 0.833. The molecule has 0 bridgehead atoms. The lowest BCUT2D eigenvalue weighted by molar-refractivity contribution is 0.0744. The summed E-state index contributed by atoms with van der Waals surface area (Å²) >= 11 is 1.75. The van der Waals surface area contributed by atoms with E-state index in [2.05, 4.69) is 65.5 Å². The fraction of sp³-hybridized carbons (Fsp3) is 0.409. The predicted octanol–water partition coefficient (Wildman–Crippen LogP) is 3.77. The zero-order chi connectivity index (χ0) is 18.8. The topological polar surface area (TPSA) is 39.6 Å². The third-order valence-corrected chi connectivity index (χ3v) is 6.40. The van der Waals surface area contributed by atoms with E-state index in [1.54, 1.807) is 11.3 Å². The van der Waals surface area contributed by atoms with Crippen LogP contribution in [0.5, 0.6) is 0 Å². The van der Waals surface area contributed by atoms with Gasteiger partial charge in [0.2, 0.25) is 0 Å². The highest BCUT2D eigenvalue weighted by Gasteiger charge is 2.25. The number of pyridine rings is 1. The van der Waals surface area contributed by atoms with Crippen molar-refractivity contribution in [2.75, 3.05) is 33.3 Å². The highest BCUT2D eigenvalue weighted by Crippen LogP contribution is 2.30. The summed E-state index contributed by atoms with van der Waals surface area (Å²) in [5.74, 6) is 0. The molecular weight excluding hydrogens is 354 g/mol. The maximum Gasteiger partial charge on any atom is 0.0854 e. The van der Waals surface area contributed by atoms with Gasteiger partial charge in [0.05, 0.1) is 16.1 Å². The first-order valence-corrected chi connectivity index (χ1v) is 10.5. The average Bonchev–Trinajstić information content (AvgIpc) is 3.19. The quantitative estimate of drug-likeness (QED) is 0.730. The highest BCUT2D eigenvalue weighted by atomic mass is 32.1. The Bertz CT molecular complexity index is 909. The number of aryl methyl sites for hydroxylation is 1. The molecule has 1 aliphatic rings. The Balaban J connectivity index is 1.67. The van der Waals surface area contributed by atoms with E-state index in [1.807, 2.05) is 0 Å². The molecule has 1 unspecified atom stereocenters. The summed E-state index contributed by atoms with van der Waals surface area (Å²) in [7, 11) is 2.16. The first-order chi connectivity index (χ1) is 13.1. The zero-order valence-corrected chi connectivity index (χ0v) is 16.9. The van der Waals surface area contributed by atoms with Crippen LogP contribution in [0.25, 0.3) is 21.5 Å². The number of thiophene rings is 1. The Labute approximate surface area is 165 Å². The molecular formula is C22H27N3OS. The molecule has 3 heterocycles. The number of hydrogen-bond acceptors (Lipinski definition) is 5. The van der Waals surface area contributed by atoms with Crippen LogP contribution in [-0.2, 0) is 6.54 Å². The number of aliphatic hydroxyl groups is 1. The van der Waals surface area contributed by atoms with Crippen LogP contribution in [0.2, 0.25) is 0 Å². The predicted molar refractivity (Wildman–Crippen MR) is 113 cm³/mol. The molecule has 1 N–H and O–H groups in total. The number of aromatic nitrogens is 1. The number of hydrogen-bond donors (Lipinski definition) is 1. The fourth-order valence-corrected chi connectivity index (χ4v) is 4.67. The smallest absolute Gasteiger partial charge is 0.0854 e. The minimum Gasteiger partial charge on any atom is -0.396 e. The summed E-state index contributed by atoms with van der Waals surface area (Å²) < 4.78 is 0. The maximum atomic E-state index is 9.37. The maximum absolute atomic E-state index is 9.37. The van der Waals surface area contributed by atoms with Gasteiger partial charge in [0.15, 0.2) is 0 Å². The van der Waals surface area contributed by atoms with Crippen LogP contribution in [-0.4, -0.2) is 59.2 Å². The number of piperazine rings is 1. The van der Waals surface area contributed by atoms with Crippen LogP contribution in [0.3, 0.4) is 0 Å². The molecule has 4 nitrogen and oxygen atoms in total. The summed E-state index contributed by atoms with van der Waals surface area (Å²) in [5.41, 5.74) is 4.71. The Kier molecular flexibility index (Phi) is 5.55. The monoisotopic (exact) mass is 381 g/mol. The number of likely N-dealkylation sites (N-methyl/N-ethyl adjacent to an activating group) is 1. The molecule has 1 atom stereocenters. The van der Waals surface area contributed by atoms with Crippen LogP contribution in [0, 0.1) is 6.92 Å². The first kappa shape index (κ1) is 18.6. The van der Waals surface area contributed by atoms with Gasteiger partial charge < -0.3 is 10.0 Å². The molecule has 3 aromatic rings. The molecule has 0 amide bonds. The van der Waals surface area contributed by atoms with Gasteiger partial charge >= 0.3 is 0 Å². The van der Waals surface area contributed by atoms with Crippen molar-refractivity contribution in [2.45, 2.75) is 25.9 Å². The van der Waals surface area contributed by atoms with Gasteiger partial charge in [-0.15, -0.1) is 11.3 Å². The van der Waals surface area contributed by atoms with Gasteiger partial charge in [0.1, 0.15) is 0 Å². The molecule has 142 valence electrons. The van der Waals surface area contributed by atoms with Gasteiger partial charge in [-0.05, 0) is 55.1 Å². The van der Waals surface area contributed by atoms with Gasteiger partial charge in [0.25, 0.3) is 0 Å². The van der Waals surface area contributed by atoms with Crippen molar-refractivity contribution in [2.24, 2.45) is 0 Å².